The number of carbonyl (C=O) groups excluding carboxylic acids is 2. The number of esters is 2. The van der Waals surface area contributed by atoms with Crippen LogP contribution in [0.15, 0.2) is 70.5 Å². The summed E-state index contributed by atoms with van der Waals surface area (Å²) in [4.78, 5) is 25.2. The van der Waals surface area contributed by atoms with Crippen molar-refractivity contribution < 1.29 is 56.9 Å². The van der Waals surface area contributed by atoms with Crippen molar-refractivity contribution in [2.24, 2.45) is 0 Å². The van der Waals surface area contributed by atoms with Gasteiger partial charge in [0.05, 0.1) is 14.2 Å². The zero-order valence-electron chi connectivity index (χ0n) is 21.5. The van der Waals surface area contributed by atoms with Crippen LogP contribution in [0.5, 0.6) is 11.5 Å². The van der Waals surface area contributed by atoms with Gasteiger partial charge in [0.2, 0.25) is 0 Å². The van der Waals surface area contributed by atoms with Gasteiger partial charge in [0.25, 0.3) is 0 Å². The molecule has 4 aromatic rings. The summed E-state index contributed by atoms with van der Waals surface area (Å²) >= 11 is 13.0. The second-order valence-electron chi connectivity index (χ2n) is 7.72. The fourth-order valence-electron chi connectivity index (χ4n) is 3.73. The summed E-state index contributed by atoms with van der Waals surface area (Å²) < 4.78 is 9.39. The van der Waals surface area contributed by atoms with Gasteiger partial charge in [-0.2, -0.15) is 11.5 Å². The average Bonchev–Trinajstić information content (AvgIpc) is 2.96. The molecule has 0 amide bonds. The molecule has 39 heavy (non-hydrogen) atoms. The first kappa shape index (κ1) is 33.5. The summed E-state index contributed by atoms with van der Waals surface area (Å²) in [5, 5.41) is 23.5. The Bertz CT molecular complexity index is 1340. The third-order valence-electron chi connectivity index (χ3n) is 5.45. The van der Waals surface area contributed by atoms with Crippen LogP contribution in [0, 0.1) is 0 Å². The molecule has 0 aliphatic rings. The van der Waals surface area contributed by atoms with Gasteiger partial charge in [0, 0.05) is 20.6 Å². The van der Waals surface area contributed by atoms with E-state index < -0.39 is 11.9 Å². The normalized spacial score (nSPS) is 10.4. The molecule has 0 radical (unpaired) electrons. The van der Waals surface area contributed by atoms with Gasteiger partial charge >= 0.3 is 39.6 Å². The van der Waals surface area contributed by atoms with E-state index in [1.54, 1.807) is 47.8 Å². The van der Waals surface area contributed by atoms with Gasteiger partial charge in [0.1, 0.15) is 22.6 Å². The number of thioether (sulfide) groups is 2. The maximum Gasteiger partial charge on any atom is 2.00 e. The van der Waals surface area contributed by atoms with E-state index in [2.05, 4.69) is 0 Å². The molecule has 0 heterocycles. The van der Waals surface area contributed by atoms with Crippen LogP contribution in [-0.4, -0.2) is 59.4 Å². The van der Waals surface area contributed by atoms with E-state index in [1.807, 2.05) is 36.4 Å². The van der Waals surface area contributed by atoms with Crippen molar-refractivity contribution >= 4 is 82.3 Å². The van der Waals surface area contributed by atoms with Crippen molar-refractivity contribution in [2.45, 2.75) is 9.79 Å². The van der Waals surface area contributed by atoms with Crippen LogP contribution < -0.4 is 0 Å². The maximum absolute atomic E-state index is 11.7. The predicted molar refractivity (Wildman–Crippen MR) is 160 cm³/mol. The zero-order valence-corrected chi connectivity index (χ0v) is 30.2. The molecule has 0 aliphatic carbocycles. The van der Waals surface area contributed by atoms with E-state index in [1.165, 1.54) is 14.2 Å². The first-order valence-electron chi connectivity index (χ1n) is 11.5. The predicted octanol–water partition coefficient (Wildman–Crippen LogP) is 5.94. The van der Waals surface area contributed by atoms with Crippen molar-refractivity contribution in [3.63, 3.8) is 0 Å². The van der Waals surface area contributed by atoms with Crippen LogP contribution in [0.4, 0.5) is 0 Å². The Hall–Kier alpha value is -1.72. The molecular weight excluding hydrogens is 761 g/mol. The number of hydrogen-bond donors (Lipinski definition) is 2. The summed E-state index contributed by atoms with van der Waals surface area (Å²) in [6.45, 7) is 0. The van der Waals surface area contributed by atoms with Crippen molar-refractivity contribution in [3.8, 4) is 11.5 Å². The standard InChI is InChI=1S/2C14H14O3S2.Hg/c2*1-17-14(16)11-8-12(19-7-6-18)9-4-2-3-5-10(9)13(11)15;/h2*2-5,8,15,18H,6-7H2,1H3;/q;;+2/p-2. The molecule has 0 saturated heterocycles. The number of carbonyl (C=O) groups is 2. The number of methoxy groups -OCH3 is 2. The average molecular weight is 787 g/mol. The van der Waals surface area contributed by atoms with Crippen molar-refractivity contribution in [1.29, 1.82) is 0 Å². The molecule has 0 unspecified atom stereocenters. The fraction of sp³-hybridized carbons (Fsp3) is 0.214. The van der Waals surface area contributed by atoms with Gasteiger partial charge < -0.3 is 44.9 Å². The van der Waals surface area contributed by atoms with E-state index in [9.17, 15) is 19.8 Å². The maximum atomic E-state index is 11.7. The quantitative estimate of drug-likeness (QED) is 0.0969. The molecule has 0 aliphatic heterocycles. The first-order chi connectivity index (χ1) is 18.4. The minimum atomic E-state index is -0.538. The van der Waals surface area contributed by atoms with E-state index >= 15 is 0 Å². The Morgan fingerprint density at radius 3 is 1.33 bits per heavy atom. The number of rotatable bonds is 8. The second-order valence-corrected chi connectivity index (χ2v) is 10.8. The third-order valence-corrected chi connectivity index (χ3v) is 8.49. The minimum Gasteiger partial charge on any atom is -0.792 e. The monoisotopic (exact) mass is 788 g/mol. The van der Waals surface area contributed by atoms with E-state index in [-0.39, 0.29) is 50.3 Å². The summed E-state index contributed by atoms with van der Waals surface area (Å²) in [5.74, 6) is 1.68. The topological polar surface area (TPSA) is 93.1 Å². The van der Waals surface area contributed by atoms with Crippen LogP contribution in [0.1, 0.15) is 20.7 Å². The Morgan fingerprint density at radius 2 is 1.03 bits per heavy atom. The molecule has 0 bridgehead atoms. The number of benzene rings is 4. The van der Waals surface area contributed by atoms with Crippen LogP contribution in [0.2, 0.25) is 0 Å². The van der Waals surface area contributed by atoms with Crippen molar-refractivity contribution in [1.82, 2.24) is 0 Å². The second kappa shape index (κ2) is 16.5. The number of ether oxygens (including phenoxy) is 2. The fourth-order valence-corrected chi connectivity index (χ4v) is 5.90. The molecule has 4 rings (SSSR count). The van der Waals surface area contributed by atoms with Crippen LogP contribution >= 0.6 is 23.5 Å². The number of hydrogen-bond acceptors (Lipinski definition) is 10. The first-order valence-corrected chi connectivity index (χ1v) is 14.6. The number of phenols is 2. The molecule has 0 atom stereocenters. The van der Waals surface area contributed by atoms with E-state index in [0.29, 0.717) is 22.3 Å². The number of aromatic hydroxyl groups is 2. The Balaban J connectivity index is 0.000000267. The molecule has 0 fully saturated rings. The van der Waals surface area contributed by atoms with Gasteiger partial charge in [-0.25, -0.2) is 9.59 Å². The molecule has 0 saturated carbocycles. The van der Waals surface area contributed by atoms with Gasteiger partial charge in [-0.15, -0.1) is 23.5 Å². The van der Waals surface area contributed by atoms with E-state index in [4.69, 9.17) is 34.7 Å². The smallest absolute Gasteiger partial charge is 0.792 e. The minimum absolute atomic E-state index is 0. The molecular formula is C28H26HgO6S4. The number of fused-ring (bicyclic) bond motifs is 2. The van der Waals surface area contributed by atoms with Gasteiger partial charge in [-0.05, 0) is 34.4 Å². The van der Waals surface area contributed by atoms with Crippen molar-refractivity contribution in [3.05, 3.63) is 71.8 Å². The largest absolute Gasteiger partial charge is 2.00 e. The summed E-state index contributed by atoms with van der Waals surface area (Å²) in [6.07, 6.45) is 0. The Kier molecular flexibility index (Phi) is 14.2. The zero-order chi connectivity index (χ0) is 27.7. The molecule has 4 aromatic carbocycles. The third kappa shape index (κ3) is 8.16. The van der Waals surface area contributed by atoms with Crippen LogP contribution in [-0.2, 0) is 62.4 Å². The molecule has 0 aromatic heterocycles. The SMILES string of the molecule is COC(=O)c1cc(SCC[S-])c2ccccc2c1O.COC(=O)c1cc(SCC[S-])c2ccccc2c1O.[Hg+2]. The molecule has 6 nitrogen and oxygen atoms in total. The van der Waals surface area contributed by atoms with Gasteiger partial charge in [0.15, 0.2) is 0 Å². The summed E-state index contributed by atoms with van der Waals surface area (Å²) in [6, 6.07) is 18.2. The van der Waals surface area contributed by atoms with Crippen molar-refractivity contribution in [2.75, 3.05) is 37.2 Å². The summed E-state index contributed by atoms with van der Waals surface area (Å²) in [7, 11) is 2.60. The molecule has 2 N–H and O–H groups in total. The summed E-state index contributed by atoms with van der Waals surface area (Å²) in [5.41, 5.74) is 0.376. The van der Waals surface area contributed by atoms with Crippen LogP contribution in [0.25, 0.3) is 21.5 Å². The number of phenolic OH excluding ortho intramolecular Hbond substituents is 2. The molecule has 11 heteroatoms. The van der Waals surface area contributed by atoms with Gasteiger partial charge in [-0.3, -0.25) is 0 Å². The van der Waals surface area contributed by atoms with Gasteiger partial charge in [-0.1, -0.05) is 48.5 Å². The van der Waals surface area contributed by atoms with Crippen LogP contribution in [0.3, 0.4) is 0 Å². The molecule has 200 valence electrons. The Morgan fingerprint density at radius 1 is 0.692 bits per heavy atom. The van der Waals surface area contributed by atoms with E-state index in [0.717, 1.165) is 32.1 Å². The Labute approximate surface area is 267 Å². The molecule has 0 spiro atoms.